The molecule has 27 heavy (non-hydrogen) atoms. The van der Waals surface area contributed by atoms with E-state index in [1.165, 1.54) is 11.8 Å². The maximum atomic E-state index is 12.3. The fraction of sp³-hybridized carbons (Fsp3) is 0.273. The Kier molecular flexibility index (Phi) is 4.66. The summed E-state index contributed by atoms with van der Waals surface area (Å²) in [6.45, 7) is 0.658. The van der Waals surface area contributed by atoms with Gasteiger partial charge in [-0.25, -0.2) is 0 Å². The second kappa shape index (κ2) is 6.98. The van der Waals surface area contributed by atoms with Crippen molar-refractivity contribution in [2.24, 2.45) is 0 Å². The molecule has 1 aliphatic rings. The van der Waals surface area contributed by atoms with Crippen LogP contribution < -0.4 is 15.8 Å². The Balaban J connectivity index is 1.87. The normalized spacial score (nSPS) is 17.6. The monoisotopic (exact) mass is 379 g/mol. The van der Waals surface area contributed by atoms with Crippen molar-refractivity contribution in [3.63, 3.8) is 0 Å². The molecule has 0 amide bonds. The van der Waals surface area contributed by atoms with Gasteiger partial charge in [0, 0.05) is 6.54 Å². The van der Waals surface area contributed by atoms with Gasteiger partial charge in [0.25, 0.3) is 5.43 Å². The topological polar surface area (TPSA) is 57.6 Å². The number of nitrogens with zero attached hydrogens (tertiary/aromatic N) is 1. The molecule has 0 saturated carbocycles. The van der Waals surface area contributed by atoms with E-state index in [9.17, 15) is 14.7 Å². The van der Waals surface area contributed by atoms with Gasteiger partial charge in [-0.3, -0.25) is 9.59 Å². The van der Waals surface area contributed by atoms with E-state index in [1.54, 1.807) is 0 Å². The first-order valence-corrected chi connectivity index (χ1v) is 10.3. The van der Waals surface area contributed by atoms with Crippen LogP contribution in [0.15, 0.2) is 75.1 Å². The van der Waals surface area contributed by atoms with Crippen molar-refractivity contribution in [1.29, 1.82) is 0 Å². The summed E-state index contributed by atoms with van der Waals surface area (Å²) in [5.41, 5.74) is -0.0646. The van der Waals surface area contributed by atoms with Crippen molar-refractivity contribution >= 4 is 17.4 Å². The molecule has 0 aliphatic carbocycles. The molecule has 138 valence electrons. The van der Waals surface area contributed by atoms with Crippen LogP contribution in [-0.2, 0) is 5.60 Å². The van der Waals surface area contributed by atoms with Crippen LogP contribution in [0, 0.1) is 0 Å². The Morgan fingerprint density at radius 2 is 1.52 bits per heavy atom. The zero-order valence-electron chi connectivity index (χ0n) is 15.1. The van der Waals surface area contributed by atoms with Crippen molar-refractivity contribution in [3.05, 3.63) is 92.2 Å². The first kappa shape index (κ1) is 18.0. The Morgan fingerprint density at radius 1 is 0.963 bits per heavy atom. The molecule has 0 bridgehead atoms. The first-order valence-electron chi connectivity index (χ1n) is 9.06. The molecule has 0 aromatic heterocycles. The van der Waals surface area contributed by atoms with E-state index >= 15 is 0 Å². The molecule has 1 heterocycles. The molecule has 4 rings (SSSR count). The summed E-state index contributed by atoms with van der Waals surface area (Å²) < 4.78 is 0. The molecule has 0 spiro atoms. The van der Waals surface area contributed by atoms with Gasteiger partial charge in [-0.2, -0.15) is 0 Å². The third-order valence-electron chi connectivity index (χ3n) is 5.50. The van der Waals surface area contributed by atoms with Crippen LogP contribution in [0.5, 0.6) is 0 Å². The van der Waals surface area contributed by atoms with Crippen LogP contribution in [-0.4, -0.2) is 23.9 Å². The fourth-order valence-electron chi connectivity index (χ4n) is 4.21. The molecular formula is C22H21NO3S. The Morgan fingerprint density at radius 3 is 2.04 bits per heavy atom. The molecule has 1 saturated heterocycles. The highest BCUT2D eigenvalue weighted by Crippen LogP contribution is 2.42. The largest absolute Gasteiger partial charge is 0.378 e. The van der Waals surface area contributed by atoms with Gasteiger partial charge in [0.1, 0.15) is 11.3 Å². The third kappa shape index (κ3) is 2.73. The number of aliphatic hydroxyl groups is 1. The number of hydrogen-bond donors (Lipinski definition) is 1. The summed E-state index contributed by atoms with van der Waals surface area (Å²) in [5.74, 6) is 0. The maximum Gasteiger partial charge on any atom is 0.251 e. The van der Waals surface area contributed by atoms with E-state index in [1.807, 2.05) is 71.8 Å². The molecule has 1 aliphatic heterocycles. The van der Waals surface area contributed by atoms with E-state index < -0.39 is 16.5 Å². The van der Waals surface area contributed by atoms with Gasteiger partial charge in [0.15, 0.2) is 0 Å². The molecule has 1 fully saturated rings. The molecule has 4 nitrogen and oxygen atoms in total. The lowest BCUT2D eigenvalue weighted by Gasteiger charge is -2.41. The molecule has 3 aromatic carbocycles. The molecule has 5 heteroatoms. The summed E-state index contributed by atoms with van der Waals surface area (Å²) in [4.78, 5) is 26.7. The Bertz CT molecular complexity index is 970. The summed E-state index contributed by atoms with van der Waals surface area (Å²) in [5, 5.41) is 12.0. The third-order valence-corrected chi connectivity index (χ3v) is 6.28. The average Bonchev–Trinajstić information content (AvgIpc) is 3.21. The zero-order chi connectivity index (χ0) is 19.0. The number of anilines is 1. The second-order valence-electron chi connectivity index (χ2n) is 6.89. The Hall–Kier alpha value is -2.37. The van der Waals surface area contributed by atoms with Gasteiger partial charge >= 0.3 is 0 Å². The predicted octanol–water partition coefficient (Wildman–Crippen LogP) is 2.91. The molecule has 0 unspecified atom stereocenters. The SMILES string of the molecule is CSc1c(N2CCC[C@H]2C(O)(c2ccccc2)c2ccccc2)c(=O)c1=O. The minimum absolute atomic E-state index is 0.309. The van der Waals surface area contributed by atoms with Crippen molar-refractivity contribution in [1.82, 2.24) is 0 Å². The van der Waals surface area contributed by atoms with Crippen LogP contribution in [0.4, 0.5) is 5.69 Å². The van der Waals surface area contributed by atoms with E-state index in [-0.39, 0.29) is 6.04 Å². The van der Waals surface area contributed by atoms with Crippen molar-refractivity contribution in [2.45, 2.75) is 29.4 Å². The van der Waals surface area contributed by atoms with E-state index in [4.69, 9.17) is 0 Å². The number of hydrogen-bond acceptors (Lipinski definition) is 5. The highest BCUT2D eigenvalue weighted by molar-refractivity contribution is 7.98. The van der Waals surface area contributed by atoms with Crippen LogP contribution in [0.25, 0.3) is 0 Å². The van der Waals surface area contributed by atoms with Crippen LogP contribution >= 0.6 is 11.8 Å². The quantitative estimate of drug-likeness (QED) is 0.546. The first-order chi connectivity index (χ1) is 13.1. The Labute approximate surface area is 162 Å². The molecule has 0 radical (unpaired) electrons. The van der Waals surface area contributed by atoms with Crippen LogP contribution in [0.3, 0.4) is 0 Å². The van der Waals surface area contributed by atoms with Gasteiger partial charge in [-0.15, -0.1) is 11.8 Å². The van der Waals surface area contributed by atoms with Gasteiger partial charge in [-0.05, 0) is 30.2 Å². The molecule has 1 atom stereocenters. The van der Waals surface area contributed by atoms with Gasteiger partial charge < -0.3 is 10.0 Å². The predicted molar refractivity (Wildman–Crippen MR) is 109 cm³/mol. The van der Waals surface area contributed by atoms with Crippen molar-refractivity contribution < 1.29 is 5.11 Å². The highest BCUT2D eigenvalue weighted by atomic mass is 32.2. The molecule has 3 aromatic rings. The van der Waals surface area contributed by atoms with Gasteiger partial charge in [0.2, 0.25) is 5.43 Å². The average molecular weight is 379 g/mol. The maximum absolute atomic E-state index is 12.3. The lowest BCUT2D eigenvalue weighted by atomic mass is 9.79. The van der Waals surface area contributed by atoms with Crippen molar-refractivity contribution in [2.75, 3.05) is 17.7 Å². The molecular weight excluding hydrogens is 358 g/mol. The summed E-state index contributed by atoms with van der Waals surface area (Å²) in [6, 6.07) is 18.8. The number of thioether (sulfide) groups is 1. The minimum atomic E-state index is -1.27. The van der Waals surface area contributed by atoms with Gasteiger partial charge in [-0.1, -0.05) is 60.7 Å². The summed E-state index contributed by atoms with van der Waals surface area (Å²) in [7, 11) is 0. The summed E-state index contributed by atoms with van der Waals surface area (Å²) >= 11 is 1.31. The lowest BCUT2D eigenvalue weighted by molar-refractivity contribution is 0.0528. The van der Waals surface area contributed by atoms with E-state index in [0.29, 0.717) is 17.1 Å². The van der Waals surface area contributed by atoms with Gasteiger partial charge in [0.05, 0.1) is 10.9 Å². The standard InChI is InChI=1S/C22H21NO3S/c1-27-21-18(19(24)20(21)25)23-14-8-13-17(23)22(26,15-9-4-2-5-10-15)16-11-6-3-7-12-16/h2-7,9-12,17,26H,8,13-14H2,1H3/t17-/m0/s1. The second-order valence-corrected chi connectivity index (χ2v) is 7.71. The fourth-order valence-corrected chi connectivity index (χ4v) is 4.90. The van der Waals surface area contributed by atoms with E-state index in [2.05, 4.69) is 0 Å². The van der Waals surface area contributed by atoms with Crippen molar-refractivity contribution in [3.8, 4) is 0 Å². The lowest BCUT2D eigenvalue weighted by Crippen LogP contribution is -2.52. The van der Waals surface area contributed by atoms with E-state index in [0.717, 1.165) is 24.0 Å². The zero-order valence-corrected chi connectivity index (χ0v) is 15.9. The summed E-state index contributed by atoms with van der Waals surface area (Å²) in [6.07, 6.45) is 3.41. The number of rotatable bonds is 5. The highest BCUT2D eigenvalue weighted by Gasteiger charge is 2.47. The van der Waals surface area contributed by atoms with Crippen LogP contribution in [0.1, 0.15) is 24.0 Å². The van der Waals surface area contributed by atoms with Crippen LogP contribution in [0.2, 0.25) is 0 Å². The molecule has 1 N–H and O–H groups in total. The number of benzene rings is 2. The minimum Gasteiger partial charge on any atom is -0.378 e. The smallest absolute Gasteiger partial charge is 0.251 e.